The van der Waals surface area contributed by atoms with Gasteiger partial charge in [0, 0.05) is 10.6 Å². The molecule has 2 nitrogen and oxygen atoms in total. The average Bonchev–Trinajstić information content (AvgIpc) is 2.47. The minimum Gasteiger partial charge on any atom is -0.490 e. The van der Waals surface area contributed by atoms with Gasteiger partial charge in [0.25, 0.3) is 0 Å². The fourth-order valence-corrected chi connectivity index (χ4v) is 2.44. The van der Waals surface area contributed by atoms with Gasteiger partial charge in [0.1, 0.15) is 12.4 Å². The lowest BCUT2D eigenvalue weighted by Crippen LogP contribution is -2.17. The molecule has 4 heteroatoms. The van der Waals surface area contributed by atoms with Crippen molar-refractivity contribution < 1.29 is 4.74 Å². The van der Waals surface area contributed by atoms with Gasteiger partial charge in [-0.25, -0.2) is 0 Å². The SMILES string of the molecule is CNC1COc2c(Br)cc(Cl)cc21. The quantitative estimate of drug-likeness (QED) is 0.840. The first-order chi connectivity index (χ1) is 6.22. The van der Waals surface area contributed by atoms with Crippen molar-refractivity contribution in [3.63, 3.8) is 0 Å². The summed E-state index contributed by atoms with van der Waals surface area (Å²) in [4.78, 5) is 0. The van der Waals surface area contributed by atoms with Crippen molar-refractivity contribution in [3.8, 4) is 5.75 Å². The van der Waals surface area contributed by atoms with E-state index in [2.05, 4.69) is 21.2 Å². The first-order valence-corrected chi connectivity index (χ1v) is 5.18. The fraction of sp³-hybridized carbons (Fsp3) is 0.333. The highest BCUT2D eigenvalue weighted by Crippen LogP contribution is 2.40. The molecule has 13 heavy (non-hydrogen) atoms. The Bertz CT molecular complexity index is 343. The maximum absolute atomic E-state index is 5.94. The van der Waals surface area contributed by atoms with Gasteiger partial charge in [-0.05, 0) is 35.1 Å². The zero-order valence-electron chi connectivity index (χ0n) is 7.10. The van der Waals surface area contributed by atoms with Gasteiger partial charge >= 0.3 is 0 Å². The molecule has 1 aromatic carbocycles. The third kappa shape index (κ3) is 1.56. The molecule has 1 heterocycles. The number of rotatable bonds is 1. The van der Waals surface area contributed by atoms with Crippen LogP contribution in [0.3, 0.4) is 0 Å². The second-order valence-corrected chi connectivity index (χ2v) is 4.25. The lowest BCUT2D eigenvalue weighted by molar-refractivity contribution is 0.317. The summed E-state index contributed by atoms with van der Waals surface area (Å²) in [5, 5.41) is 3.90. The molecular weight excluding hydrogens is 253 g/mol. The van der Waals surface area contributed by atoms with Crippen LogP contribution >= 0.6 is 27.5 Å². The fourth-order valence-electron chi connectivity index (χ4n) is 1.49. The summed E-state index contributed by atoms with van der Waals surface area (Å²) in [6.07, 6.45) is 0. The molecule has 70 valence electrons. The van der Waals surface area contributed by atoms with Crippen LogP contribution in [0.4, 0.5) is 0 Å². The molecule has 1 N–H and O–H groups in total. The van der Waals surface area contributed by atoms with E-state index >= 15 is 0 Å². The Morgan fingerprint density at radius 1 is 1.62 bits per heavy atom. The molecule has 1 atom stereocenters. The second-order valence-electron chi connectivity index (χ2n) is 2.96. The van der Waals surface area contributed by atoms with Crippen LogP contribution in [0.5, 0.6) is 5.75 Å². The van der Waals surface area contributed by atoms with Crippen molar-refractivity contribution >= 4 is 27.5 Å². The van der Waals surface area contributed by atoms with Gasteiger partial charge in [-0.15, -0.1) is 0 Å². The summed E-state index contributed by atoms with van der Waals surface area (Å²) in [6, 6.07) is 4.04. The lowest BCUT2D eigenvalue weighted by atomic mass is 10.1. The summed E-state index contributed by atoms with van der Waals surface area (Å²) in [7, 11) is 1.91. The monoisotopic (exact) mass is 261 g/mol. The highest BCUT2D eigenvalue weighted by atomic mass is 79.9. The van der Waals surface area contributed by atoms with Crippen LogP contribution < -0.4 is 10.1 Å². The molecule has 0 radical (unpaired) electrons. The number of hydrogen-bond acceptors (Lipinski definition) is 2. The molecule has 1 aliphatic rings. The molecule has 0 fully saturated rings. The summed E-state index contributed by atoms with van der Waals surface area (Å²) < 4.78 is 6.44. The Morgan fingerprint density at radius 2 is 2.38 bits per heavy atom. The minimum atomic E-state index is 0.255. The van der Waals surface area contributed by atoms with Crippen LogP contribution in [0.1, 0.15) is 11.6 Å². The first kappa shape index (κ1) is 9.31. The van der Waals surface area contributed by atoms with Crippen molar-refractivity contribution in [3.05, 3.63) is 27.2 Å². The first-order valence-electron chi connectivity index (χ1n) is 4.01. The van der Waals surface area contributed by atoms with E-state index < -0.39 is 0 Å². The van der Waals surface area contributed by atoms with E-state index in [0.717, 1.165) is 20.8 Å². The minimum absolute atomic E-state index is 0.255. The van der Waals surface area contributed by atoms with Crippen LogP contribution in [-0.4, -0.2) is 13.7 Å². The van der Waals surface area contributed by atoms with Gasteiger partial charge in [-0.2, -0.15) is 0 Å². The Hall–Kier alpha value is -0.250. The van der Waals surface area contributed by atoms with Crippen LogP contribution in [0, 0.1) is 0 Å². The van der Waals surface area contributed by atoms with E-state index in [0.29, 0.717) is 6.61 Å². The van der Waals surface area contributed by atoms with Crippen molar-refractivity contribution in [2.45, 2.75) is 6.04 Å². The number of ether oxygens (including phenoxy) is 1. The normalized spacial score (nSPS) is 19.8. The topological polar surface area (TPSA) is 21.3 Å². The van der Waals surface area contributed by atoms with E-state index in [4.69, 9.17) is 16.3 Å². The van der Waals surface area contributed by atoms with E-state index in [-0.39, 0.29) is 6.04 Å². The van der Waals surface area contributed by atoms with Crippen LogP contribution in [0.15, 0.2) is 16.6 Å². The number of halogens is 2. The van der Waals surface area contributed by atoms with Crippen molar-refractivity contribution in [2.75, 3.05) is 13.7 Å². The molecule has 0 spiro atoms. The van der Waals surface area contributed by atoms with Gasteiger partial charge in [0.2, 0.25) is 0 Å². The summed E-state index contributed by atoms with van der Waals surface area (Å²) in [5.41, 5.74) is 1.13. The highest BCUT2D eigenvalue weighted by molar-refractivity contribution is 9.10. The average molecular weight is 263 g/mol. The zero-order chi connectivity index (χ0) is 9.42. The van der Waals surface area contributed by atoms with Crippen LogP contribution in [-0.2, 0) is 0 Å². The molecule has 1 aliphatic heterocycles. The molecule has 0 amide bonds. The molecule has 0 aliphatic carbocycles. The van der Waals surface area contributed by atoms with Gasteiger partial charge in [0.05, 0.1) is 10.5 Å². The molecule has 0 aromatic heterocycles. The van der Waals surface area contributed by atoms with Gasteiger partial charge in [-0.3, -0.25) is 0 Å². The standard InChI is InChI=1S/C9H9BrClNO/c1-12-8-4-13-9-6(8)2-5(11)3-7(9)10/h2-3,8,12H,4H2,1H3. The van der Waals surface area contributed by atoms with E-state index in [1.54, 1.807) is 0 Å². The van der Waals surface area contributed by atoms with Crippen molar-refractivity contribution in [1.29, 1.82) is 0 Å². The number of nitrogens with one attached hydrogen (secondary N) is 1. The maximum Gasteiger partial charge on any atom is 0.138 e. The summed E-state index contributed by atoms with van der Waals surface area (Å²) in [6.45, 7) is 0.671. The number of fused-ring (bicyclic) bond motifs is 1. The lowest BCUT2D eigenvalue weighted by Gasteiger charge is -2.06. The van der Waals surface area contributed by atoms with E-state index in [1.807, 2.05) is 19.2 Å². The predicted octanol–water partition coefficient (Wildman–Crippen LogP) is 2.76. The van der Waals surface area contributed by atoms with Crippen LogP contribution in [0.25, 0.3) is 0 Å². The van der Waals surface area contributed by atoms with Gasteiger partial charge < -0.3 is 10.1 Å². The predicted molar refractivity (Wildman–Crippen MR) is 56.4 cm³/mol. The van der Waals surface area contributed by atoms with E-state index in [9.17, 15) is 0 Å². The molecule has 0 saturated carbocycles. The van der Waals surface area contributed by atoms with Gasteiger partial charge in [-0.1, -0.05) is 11.6 Å². The summed E-state index contributed by atoms with van der Waals surface area (Å²) >= 11 is 9.36. The number of likely N-dealkylation sites (N-methyl/N-ethyl adjacent to an activating group) is 1. The van der Waals surface area contributed by atoms with E-state index in [1.165, 1.54) is 0 Å². The van der Waals surface area contributed by atoms with Crippen molar-refractivity contribution in [2.24, 2.45) is 0 Å². The maximum atomic E-state index is 5.94. The highest BCUT2D eigenvalue weighted by Gasteiger charge is 2.25. The number of benzene rings is 1. The second kappa shape index (κ2) is 3.48. The molecule has 0 saturated heterocycles. The Balaban J connectivity index is 2.51. The van der Waals surface area contributed by atoms with Crippen molar-refractivity contribution in [1.82, 2.24) is 5.32 Å². The van der Waals surface area contributed by atoms with Crippen LogP contribution in [0.2, 0.25) is 5.02 Å². The Labute approximate surface area is 90.4 Å². The molecule has 0 bridgehead atoms. The third-order valence-electron chi connectivity index (χ3n) is 2.16. The largest absolute Gasteiger partial charge is 0.490 e. The molecule has 1 unspecified atom stereocenters. The molecule has 2 rings (SSSR count). The Morgan fingerprint density at radius 3 is 3.08 bits per heavy atom. The molecule has 1 aromatic rings. The van der Waals surface area contributed by atoms with Gasteiger partial charge in [0.15, 0.2) is 0 Å². The zero-order valence-corrected chi connectivity index (χ0v) is 9.45. The Kier molecular flexibility index (Phi) is 2.49. The number of hydrogen-bond donors (Lipinski definition) is 1. The summed E-state index contributed by atoms with van der Waals surface area (Å²) in [5.74, 6) is 0.906. The smallest absolute Gasteiger partial charge is 0.138 e. The molecular formula is C9H9BrClNO. The third-order valence-corrected chi connectivity index (χ3v) is 2.96.